The molecule has 1 saturated carbocycles. The lowest BCUT2D eigenvalue weighted by atomic mass is 10.2. The Morgan fingerprint density at radius 2 is 2.00 bits per heavy atom. The summed E-state index contributed by atoms with van der Waals surface area (Å²) in [7, 11) is 0. The highest BCUT2D eigenvalue weighted by atomic mass is 79.9. The van der Waals surface area contributed by atoms with E-state index in [1.165, 1.54) is 25.0 Å². The molecule has 0 heterocycles. The number of halogens is 1. The summed E-state index contributed by atoms with van der Waals surface area (Å²) < 4.78 is 0.664. The molecule has 0 saturated heterocycles. The summed E-state index contributed by atoms with van der Waals surface area (Å²) in [5.41, 5.74) is 0.621. The van der Waals surface area contributed by atoms with Crippen LogP contribution in [0, 0.1) is 0 Å². The van der Waals surface area contributed by atoms with Crippen LogP contribution in [0.15, 0.2) is 22.7 Å². The van der Waals surface area contributed by atoms with Crippen LogP contribution in [0.4, 0.5) is 5.69 Å². The summed E-state index contributed by atoms with van der Waals surface area (Å²) in [6.45, 7) is 0.244. The van der Waals surface area contributed by atoms with E-state index in [9.17, 15) is 9.59 Å². The Kier molecular flexibility index (Phi) is 5.14. The molecule has 1 aromatic rings. The van der Waals surface area contributed by atoms with E-state index in [-0.39, 0.29) is 18.0 Å². The highest BCUT2D eigenvalue weighted by Gasteiger charge is 2.16. The van der Waals surface area contributed by atoms with Gasteiger partial charge in [-0.15, -0.1) is 0 Å². The Morgan fingerprint density at radius 1 is 1.30 bits per heavy atom. The Balaban J connectivity index is 1.92. The van der Waals surface area contributed by atoms with Gasteiger partial charge >= 0.3 is 5.97 Å². The van der Waals surface area contributed by atoms with Gasteiger partial charge in [0.1, 0.15) is 0 Å². The van der Waals surface area contributed by atoms with Crippen LogP contribution >= 0.6 is 15.9 Å². The molecule has 0 bridgehead atoms. The van der Waals surface area contributed by atoms with Gasteiger partial charge in [0, 0.05) is 10.5 Å². The first-order valence-corrected chi connectivity index (χ1v) is 7.41. The van der Waals surface area contributed by atoms with E-state index in [4.69, 9.17) is 5.11 Å². The summed E-state index contributed by atoms with van der Waals surface area (Å²) >= 11 is 3.30. The van der Waals surface area contributed by atoms with E-state index in [1.54, 1.807) is 6.07 Å². The molecule has 0 spiro atoms. The number of hydrogen-bond donors (Lipinski definition) is 3. The number of carboxylic acid groups (broad SMARTS) is 1. The van der Waals surface area contributed by atoms with Gasteiger partial charge in [-0.25, -0.2) is 4.79 Å². The number of anilines is 1. The van der Waals surface area contributed by atoms with Crippen LogP contribution < -0.4 is 10.6 Å². The maximum Gasteiger partial charge on any atom is 0.335 e. The van der Waals surface area contributed by atoms with Crippen LogP contribution in [0.2, 0.25) is 0 Å². The van der Waals surface area contributed by atoms with Crippen molar-refractivity contribution in [3.8, 4) is 0 Å². The average Bonchev–Trinajstić information content (AvgIpc) is 2.92. The first-order chi connectivity index (χ1) is 9.56. The molecule has 0 unspecified atom stereocenters. The number of carboxylic acids is 1. The van der Waals surface area contributed by atoms with Crippen molar-refractivity contribution in [1.82, 2.24) is 5.32 Å². The summed E-state index contributed by atoms with van der Waals surface area (Å²) in [6.07, 6.45) is 4.66. The monoisotopic (exact) mass is 340 g/mol. The molecule has 0 aromatic heterocycles. The fraction of sp³-hybridized carbons (Fsp3) is 0.429. The fourth-order valence-corrected chi connectivity index (χ4v) is 2.66. The number of hydrogen-bond acceptors (Lipinski definition) is 3. The molecule has 108 valence electrons. The molecule has 1 aliphatic carbocycles. The molecule has 1 amide bonds. The molecular weight excluding hydrogens is 324 g/mol. The zero-order valence-corrected chi connectivity index (χ0v) is 12.6. The predicted octanol–water partition coefficient (Wildman–Crippen LogP) is 2.62. The van der Waals surface area contributed by atoms with Crippen molar-refractivity contribution in [1.29, 1.82) is 0 Å². The molecule has 20 heavy (non-hydrogen) atoms. The third kappa shape index (κ3) is 4.05. The maximum absolute atomic E-state index is 11.9. The quantitative estimate of drug-likeness (QED) is 0.769. The molecule has 0 aliphatic heterocycles. The first kappa shape index (κ1) is 15.0. The molecule has 6 heteroatoms. The van der Waals surface area contributed by atoms with Crippen molar-refractivity contribution in [2.75, 3.05) is 11.9 Å². The van der Waals surface area contributed by atoms with Crippen LogP contribution in [0.5, 0.6) is 0 Å². The number of rotatable bonds is 5. The van der Waals surface area contributed by atoms with Crippen molar-refractivity contribution >= 4 is 33.5 Å². The van der Waals surface area contributed by atoms with Gasteiger partial charge in [0.25, 0.3) is 0 Å². The molecule has 0 atom stereocenters. The van der Waals surface area contributed by atoms with Gasteiger partial charge in [0.2, 0.25) is 5.91 Å². The normalized spacial score (nSPS) is 15.2. The minimum Gasteiger partial charge on any atom is -0.478 e. The summed E-state index contributed by atoms with van der Waals surface area (Å²) in [5, 5.41) is 14.9. The van der Waals surface area contributed by atoms with Gasteiger partial charge < -0.3 is 15.7 Å². The Labute approximate surface area is 125 Å². The fourth-order valence-electron chi connectivity index (χ4n) is 2.32. The van der Waals surface area contributed by atoms with Crippen LogP contribution in [0.25, 0.3) is 0 Å². The molecule has 2 rings (SSSR count). The van der Waals surface area contributed by atoms with Crippen molar-refractivity contribution < 1.29 is 14.7 Å². The van der Waals surface area contributed by atoms with E-state index in [0.29, 0.717) is 16.2 Å². The lowest BCUT2D eigenvalue weighted by Gasteiger charge is -2.12. The molecule has 1 aromatic carbocycles. The zero-order valence-electron chi connectivity index (χ0n) is 11.0. The lowest BCUT2D eigenvalue weighted by Crippen LogP contribution is -2.34. The Hall–Kier alpha value is -1.40. The van der Waals surface area contributed by atoms with Crippen molar-refractivity contribution in [2.45, 2.75) is 31.7 Å². The second kappa shape index (κ2) is 6.85. The maximum atomic E-state index is 11.9. The number of aromatic carboxylic acids is 1. The smallest absolute Gasteiger partial charge is 0.335 e. The van der Waals surface area contributed by atoms with Gasteiger partial charge in [-0.05, 0) is 47.0 Å². The summed E-state index contributed by atoms with van der Waals surface area (Å²) in [6, 6.07) is 4.97. The molecule has 1 aliphatic rings. The highest BCUT2D eigenvalue weighted by Crippen LogP contribution is 2.23. The number of carbonyl (C=O) groups is 2. The van der Waals surface area contributed by atoms with E-state index in [0.717, 1.165) is 12.8 Å². The minimum atomic E-state index is -1.02. The van der Waals surface area contributed by atoms with Crippen molar-refractivity contribution in [2.24, 2.45) is 0 Å². The molecular formula is C14H17BrN2O3. The third-order valence-electron chi connectivity index (χ3n) is 3.39. The van der Waals surface area contributed by atoms with Gasteiger partial charge in [0.05, 0.1) is 17.8 Å². The van der Waals surface area contributed by atoms with Crippen LogP contribution in [0.1, 0.15) is 36.0 Å². The Bertz CT molecular complexity index is 513. The lowest BCUT2D eigenvalue weighted by molar-refractivity contribution is -0.115. The first-order valence-electron chi connectivity index (χ1n) is 6.62. The zero-order chi connectivity index (χ0) is 14.5. The molecule has 0 radical (unpaired) electrons. The van der Waals surface area contributed by atoms with Crippen molar-refractivity contribution in [3.63, 3.8) is 0 Å². The minimum absolute atomic E-state index is 0.146. The van der Waals surface area contributed by atoms with Crippen LogP contribution in [0.3, 0.4) is 0 Å². The third-order valence-corrected chi connectivity index (χ3v) is 4.09. The number of amides is 1. The van der Waals surface area contributed by atoms with E-state index >= 15 is 0 Å². The molecule has 5 nitrogen and oxygen atoms in total. The van der Waals surface area contributed by atoms with E-state index in [1.807, 2.05) is 0 Å². The highest BCUT2D eigenvalue weighted by molar-refractivity contribution is 9.10. The molecule has 1 fully saturated rings. The van der Waals surface area contributed by atoms with Crippen molar-refractivity contribution in [3.05, 3.63) is 28.2 Å². The Morgan fingerprint density at radius 3 is 2.65 bits per heavy atom. The predicted molar refractivity (Wildman–Crippen MR) is 80.0 cm³/mol. The topological polar surface area (TPSA) is 78.4 Å². The number of carbonyl (C=O) groups excluding carboxylic acids is 1. The standard InChI is InChI=1S/C14H17BrN2O3/c15-11-6-5-9(14(19)20)7-12(11)17-13(18)8-16-10-3-1-2-4-10/h5-7,10,16H,1-4,8H2,(H,17,18)(H,19,20). The van der Waals surface area contributed by atoms with Gasteiger partial charge in [0.15, 0.2) is 0 Å². The van der Waals surface area contributed by atoms with E-state index < -0.39 is 5.97 Å². The number of benzene rings is 1. The summed E-state index contributed by atoms with van der Waals surface area (Å²) in [5.74, 6) is -1.18. The summed E-state index contributed by atoms with van der Waals surface area (Å²) in [4.78, 5) is 22.8. The van der Waals surface area contributed by atoms with Crippen LogP contribution in [-0.4, -0.2) is 29.6 Å². The molecule has 3 N–H and O–H groups in total. The van der Waals surface area contributed by atoms with Gasteiger partial charge in [-0.2, -0.15) is 0 Å². The van der Waals surface area contributed by atoms with Gasteiger partial charge in [-0.3, -0.25) is 4.79 Å². The average molecular weight is 341 g/mol. The largest absolute Gasteiger partial charge is 0.478 e. The second-order valence-electron chi connectivity index (χ2n) is 4.91. The van der Waals surface area contributed by atoms with E-state index in [2.05, 4.69) is 26.6 Å². The SMILES string of the molecule is O=C(CNC1CCCC1)Nc1cc(C(=O)O)ccc1Br. The number of nitrogens with one attached hydrogen (secondary N) is 2. The van der Waals surface area contributed by atoms with Crippen LogP contribution in [-0.2, 0) is 4.79 Å². The second-order valence-corrected chi connectivity index (χ2v) is 5.76. The van der Waals surface area contributed by atoms with Gasteiger partial charge in [-0.1, -0.05) is 12.8 Å².